The van der Waals surface area contributed by atoms with Crippen LogP contribution in [-0.2, 0) is 6.61 Å². The Morgan fingerprint density at radius 2 is 2.45 bits per heavy atom. The van der Waals surface area contributed by atoms with Crippen molar-refractivity contribution in [1.29, 1.82) is 0 Å². The Morgan fingerprint density at radius 1 is 1.64 bits per heavy atom. The Balaban J connectivity index is 2.74. The maximum Gasteiger partial charge on any atom is 0.156 e. The van der Waals surface area contributed by atoms with E-state index in [4.69, 9.17) is 5.11 Å². The molecule has 0 spiro atoms. The molecule has 2 N–H and O–H groups in total. The highest BCUT2D eigenvalue weighted by atomic mass is 16.3. The molecule has 60 valence electrons. The number of aliphatic hydroxyl groups is 1. The summed E-state index contributed by atoms with van der Waals surface area (Å²) in [6.07, 6.45) is 1.62. The van der Waals surface area contributed by atoms with Gasteiger partial charge >= 0.3 is 0 Å². The summed E-state index contributed by atoms with van der Waals surface area (Å²) in [5.74, 6) is 1.20. The zero-order chi connectivity index (χ0) is 8.10. The van der Waals surface area contributed by atoms with E-state index in [9.17, 15) is 0 Å². The summed E-state index contributed by atoms with van der Waals surface area (Å²) in [6, 6.07) is 1.77. The minimum absolute atomic E-state index is 0.112. The third-order valence-corrected chi connectivity index (χ3v) is 1.20. The lowest BCUT2D eigenvalue weighted by Crippen LogP contribution is -2.02. The maximum atomic E-state index is 8.68. The second-order valence-electron chi connectivity index (χ2n) is 2.05. The largest absolute Gasteiger partial charge is 0.388 e. The number of hydrogen-bond acceptors (Lipinski definition) is 4. The zero-order valence-corrected chi connectivity index (χ0v) is 6.41. The lowest BCUT2D eigenvalue weighted by Gasteiger charge is -2.01. The molecule has 0 aromatic carbocycles. The van der Waals surface area contributed by atoms with Gasteiger partial charge in [0.1, 0.15) is 12.4 Å². The molecular formula is C7H11N3O. The van der Waals surface area contributed by atoms with Gasteiger partial charge in [-0.2, -0.15) is 0 Å². The monoisotopic (exact) mass is 153 g/mol. The van der Waals surface area contributed by atoms with E-state index < -0.39 is 0 Å². The third kappa shape index (κ3) is 2.16. The normalized spacial score (nSPS) is 9.64. The molecule has 0 saturated heterocycles. The summed E-state index contributed by atoms with van der Waals surface area (Å²) in [4.78, 5) is 7.85. The molecule has 0 atom stereocenters. The second-order valence-corrected chi connectivity index (χ2v) is 2.05. The number of nitrogens with zero attached hydrogens (tertiary/aromatic N) is 2. The highest BCUT2D eigenvalue weighted by molar-refractivity contribution is 5.32. The van der Waals surface area contributed by atoms with Crippen molar-refractivity contribution >= 4 is 5.82 Å². The molecule has 0 bridgehead atoms. The smallest absolute Gasteiger partial charge is 0.156 e. The van der Waals surface area contributed by atoms with Crippen molar-refractivity contribution in [3.05, 3.63) is 18.1 Å². The average Bonchev–Trinajstić information content (AvgIpc) is 2.06. The van der Waals surface area contributed by atoms with Crippen LogP contribution in [0.5, 0.6) is 0 Å². The van der Waals surface area contributed by atoms with E-state index >= 15 is 0 Å². The molecule has 0 radical (unpaired) electrons. The fraction of sp³-hybridized carbons (Fsp3) is 0.429. The first kappa shape index (κ1) is 7.94. The van der Waals surface area contributed by atoms with Gasteiger partial charge in [0, 0.05) is 12.7 Å². The van der Waals surface area contributed by atoms with Gasteiger partial charge in [0.2, 0.25) is 0 Å². The number of aliphatic hydroxyl groups excluding tert-OH is 1. The predicted octanol–water partition coefficient (Wildman–Crippen LogP) is 0.401. The molecule has 0 unspecified atom stereocenters. The van der Waals surface area contributed by atoms with Gasteiger partial charge in [-0.05, 0) is 13.0 Å². The van der Waals surface area contributed by atoms with Crippen LogP contribution in [0.15, 0.2) is 12.3 Å². The number of anilines is 1. The van der Waals surface area contributed by atoms with Gasteiger partial charge in [-0.25, -0.2) is 9.97 Å². The molecule has 1 aromatic rings. The molecule has 0 aliphatic rings. The maximum absolute atomic E-state index is 8.68. The van der Waals surface area contributed by atoms with Gasteiger partial charge < -0.3 is 10.4 Å². The molecule has 11 heavy (non-hydrogen) atoms. The van der Waals surface area contributed by atoms with E-state index in [1.54, 1.807) is 12.3 Å². The van der Waals surface area contributed by atoms with Gasteiger partial charge in [-0.1, -0.05) is 0 Å². The molecular weight excluding hydrogens is 142 g/mol. The number of rotatable bonds is 3. The summed E-state index contributed by atoms with van der Waals surface area (Å²) >= 11 is 0. The molecule has 1 heterocycles. The highest BCUT2D eigenvalue weighted by Gasteiger charge is 1.94. The summed E-state index contributed by atoms with van der Waals surface area (Å²) in [7, 11) is 0. The summed E-state index contributed by atoms with van der Waals surface area (Å²) in [6.45, 7) is 2.70. The van der Waals surface area contributed by atoms with Crippen LogP contribution in [0, 0.1) is 0 Å². The van der Waals surface area contributed by atoms with Crippen LogP contribution in [0.25, 0.3) is 0 Å². The van der Waals surface area contributed by atoms with Crippen molar-refractivity contribution in [1.82, 2.24) is 9.97 Å². The number of nitrogens with one attached hydrogen (secondary N) is 1. The lowest BCUT2D eigenvalue weighted by atomic mass is 10.5. The number of hydrogen-bond donors (Lipinski definition) is 2. The van der Waals surface area contributed by atoms with Gasteiger partial charge in [-0.3, -0.25) is 0 Å². The standard InChI is InChI=1S/C7H11N3O/c1-2-8-6-3-4-9-7(5-11)10-6/h3-4,11H,2,5H2,1H3,(H,8,9,10). The fourth-order valence-corrected chi connectivity index (χ4v) is 0.755. The Hall–Kier alpha value is -1.16. The van der Waals surface area contributed by atoms with Crippen LogP contribution in [0.4, 0.5) is 5.82 Å². The van der Waals surface area contributed by atoms with E-state index in [0.29, 0.717) is 5.82 Å². The van der Waals surface area contributed by atoms with Crippen LogP contribution in [0.1, 0.15) is 12.7 Å². The highest BCUT2D eigenvalue weighted by Crippen LogP contribution is 2.00. The number of aromatic nitrogens is 2. The van der Waals surface area contributed by atoms with Gasteiger partial charge in [-0.15, -0.1) is 0 Å². The van der Waals surface area contributed by atoms with Crippen molar-refractivity contribution in [2.75, 3.05) is 11.9 Å². The SMILES string of the molecule is CCNc1ccnc(CO)n1. The van der Waals surface area contributed by atoms with Crippen molar-refractivity contribution in [2.24, 2.45) is 0 Å². The molecule has 1 aromatic heterocycles. The van der Waals surface area contributed by atoms with Crippen molar-refractivity contribution < 1.29 is 5.11 Å². The zero-order valence-electron chi connectivity index (χ0n) is 6.41. The first-order chi connectivity index (χ1) is 5.36. The summed E-state index contributed by atoms with van der Waals surface area (Å²) < 4.78 is 0. The van der Waals surface area contributed by atoms with E-state index in [-0.39, 0.29) is 6.61 Å². The second kappa shape index (κ2) is 3.88. The molecule has 0 aliphatic carbocycles. The van der Waals surface area contributed by atoms with Gasteiger partial charge in [0.25, 0.3) is 0 Å². The van der Waals surface area contributed by atoms with Crippen molar-refractivity contribution in [3.8, 4) is 0 Å². The molecule has 0 saturated carbocycles. The third-order valence-electron chi connectivity index (χ3n) is 1.20. The topological polar surface area (TPSA) is 58.0 Å². The Kier molecular flexibility index (Phi) is 2.80. The van der Waals surface area contributed by atoms with E-state index in [1.807, 2.05) is 6.92 Å². The fourth-order valence-electron chi connectivity index (χ4n) is 0.755. The molecule has 4 nitrogen and oxygen atoms in total. The van der Waals surface area contributed by atoms with Gasteiger partial charge in [0.15, 0.2) is 5.82 Å². The minimum Gasteiger partial charge on any atom is -0.388 e. The van der Waals surface area contributed by atoms with Gasteiger partial charge in [0.05, 0.1) is 0 Å². The Bertz CT molecular complexity index is 227. The van der Waals surface area contributed by atoms with Crippen LogP contribution >= 0.6 is 0 Å². The van der Waals surface area contributed by atoms with E-state index in [0.717, 1.165) is 12.4 Å². The van der Waals surface area contributed by atoms with E-state index in [1.165, 1.54) is 0 Å². The Morgan fingerprint density at radius 3 is 3.09 bits per heavy atom. The average molecular weight is 153 g/mol. The molecule has 4 heteroatoms. The minimum atomic E-state index is -0.112. The van der Waals surface area contributed by atoms with Crippen molar-refractivity contribution in [2.45, 2.75) is 13.5 Å². The predicted molar refractivity (Wildman–Crippen MR) is 42.1 cm³/mol. The Labute approximate surface area is 65.3 Å². The van der Waals surface area contributed by atoms with Crippen LogP contribution in [0.3, 0.4) is 0 Å². The first-order valence-electron chi connectivity index (χ1n) is 3.53. The molecule has 0 aliphatic heterocycles. The van der Waals surface area contributed by atoms with Crippen LogP contribution < -0.4 is 5.32 Å². The summed E-state index contributed by atoms with van der Waals surface area (Å²) in [5.41, 5.74) is 0. The van der Waals surface area contributed by atoms with Crippen molar-refractivity contribution in [3.63, 3.8) is 0 Å². The quantitative estimate of drug-likeness (QED) is 0.660. The molecule has 1 rings (SSSR count). The van der Waals surface area contributed by atoms with Crippen LogP contribution in [-0.4, -0.2) is 21.6 Å². The molecule has 0 fully saturated rings. The summed E-state index contributed by atoms with van der Waals surface area (Å²) in [5, 5.41) is 11.7. The lowest BCUT2D eigenvalue weighted by molar-refractivity contribution is 0.271. The van der Waals surface area contributed by atoms with E-state index in [2.05, 4.69) is 15.3 Å². The van der Waals surface area contributed by atoms with Crippen LogP contribution in [0.2, 0.25) is 0 Å². The molecule has 0 amide bonds. The first-order valence-corrected chi connectivity index (χ1v) is 3.53.